The molecule has 1 fully saturated rings. The van der Waals surface area contributed by atoms with Gasteiger partial charge >= 0.3 is 0 Å². The van der Waals surface area contributed by atoms with Crippen LogP contribution in [-0.2, 0) is 4.74 Å². The first-order valence-electron chi connectivity index (χ1n) is 5.38. The Hall–Kier alpha value is -0.930. The van der Waals surface area contributed by atoms with Gasteiger partial charge in [0.15, 0.2) is 0 Å². The lowest BCUT2D eigenvalue weighted by molar-refractivity contribution is 0.187. The van der Waals surface area contributed by atoms with Crippen LogP contribution in [0.5, 0.6) is 5.75 Å². The quantitative estimate of drug-likeness (QED) is 0.883. The Morgan fingerprint density at radius 2 is 2.25 bits per heavy atom. The lowest BCUT2D eigenvalue weighted by Crippen LogP contribution is -2.25. The Labute approximate surface area is 101 Å². The van der Waals surface area contributed by atoms with Crippen molar-refractivity contribution < 1.29 is 9.47 Å². The zero-order chi connectivity index (χ0) is 11.5. The molecule has 16 heavy (non-hydrogen) atoms. The Balaban J connectivity index is 2.07. The number of hydrogen-bond acceptors (Lipinski definition) is 3. The highest BCUT2D eigenvalue weighted by molar-refractivity contribution is 6.32. The van der Waals surface area contributed by atoms with Gasteiger partial charge in [-0.2, -0.15) is 0 Å². The highest BCUT2D eigenvalue weighted by Gasteiger charge is 2.23. The zero-order valence-corrected chi connectivity index (χ0v) is 10.3. The summed E-state index contributed by atoms with van der Waals surface area (Å²) in [5, 5.41) is 4.04. The van der Waals surface area contributed by atoms with Crippen molar-refractivity contribution in [2.75, 3.05) is 25.6 Å². The predicted octanol–water partition coefficient (Wildman–Crippen LogP) is 2.80. The smallest absolute Gasteiger partial charge is 0.137 e. The van der Waals surface area contributed by atoms with Crippen LogP contribution in [0.3, 0.4) is 0 Å². The average Bonchev–Trinajstić information content (AvgIpc) is 2.65. The van der Waals surface area contributed by atoms with Crippen LogP contribution in [-0.4, -0.2) is 26.4 Å². The van der Waals surface area contributed by atoms with E-state index in [-0.39, 0.29) is 0 Å². The van der Waals surface area contributed by atoms with E-state index in [1.54, 1.807) is 7.11 Å². The molecule has 4 heteroatoms. The number of methoxy groups -OCH3 is 1. The molecule has 1 aromatic carbocycles. The molecule has 2 unspecified atom stereocenters. The normalized spacial score (nSPS) is 24.4. The molecule has 1 saturated heterocycles. The van der Waals surface area contributed by atoms with Crippen LogP contribution >= 0.6 is 11.6 Å². The molecule has 3 nitrogen and oxygen atoms in total. The van der Waals surface area contributed by atoms with E-state index in [2.05, 4.69) is 12.2 Å². The van der Waals surface area contributed by atoms with Gasteiger partial charge in [0.1, 0.15) is 5.75 Å². The van der Waals surface area contributed by atoms with E-state index in [1.807, 2.05) is 18.2 Å². The summed E-state index contributed by atoms with van der Waals surface area (Å²) in [6.07, 6.45) is 0. The van der Waals surface area contributed by atoms with E-state index in [1.165, 1.54) is 0 Å². The van der Waals surface area contributed by atoms with Crippen molar-refractivity contribution in [3.05, 3.63) is 23.2 Å². The predicted molar refractivity (Wildman–Crippen MR) is 65.4 cm³/mol. The molecule has 1 aromatic rings. The third-order valence-electron chi connectivity index (χ3n) is 2.87. The van der Waals surface area contributed by atoms with Gasteiger partial charge in [-0.25, -0.2) is 0 Å². The maximum absolute atomic E-state index is 6.06. The second kappa shape index (κ2) is 4.93. The standard InChI is InChI=1S/C12H16ClNO2/c1-8-6-16-7-11(8)14-9-3-4-12(15-2)10(13)5-9/h3-5,8,11,14H,6-7H2,1-2H3. The Bertz CT molecular complexity index is 370. The molecule has 88 valence electrons. The molecule has 0 saturated carbocycles. The summed E-state index contributed by atoms with van der Waals surface area (Å²) in [5.41, 5.74) is 1.01. The second-order valence-corrected chi connectivity index (χ2v) is 4.52. The average molecular weight is 242 g/mol. The van der Waals surface area contributed by atoms with Gasteiger partial charge in [-0.15, -0.1) is 0 Å². The number of rotatable bonds is 3. The molecule has 0 amide bonds. The van der Waals surface area contributed by atoms with Gasteiger partial charge in [0.25, 0.3) is 0 Å². The van der Waals surface area contributed by atoms with Gasteiger partial charge in [0, 0.05) is 11.6 Å². The first-order chi connectivity index (χ1) is 7.70. The lowest BCUT2D eigenvalue weighted by atomic mass is 10.1. The van der Waals surface area contributed by atoms with Crippen LogP contribution in [0.15, 0.2) is 18.2 Å². The Morgan fingerprint density at radius 1 is 1.44 bits per heavy atom. The molecule has 1 heterocycles. The van der Waals surface area contributed by atoms with E-state index in [4.69, 9.17) is 21.1 Å². The molecule has 0 aliphatic carbocycles. The van der Waals surface area contributed by atoms with Crippen LogP contribution in [0.25, 0.3) is 0 Å². The number of hydrogen-bond donors (Lipinski definition) is 1. The second-order valence-electron chi connectivity index (χ2n) is 4.11. The molecular weight excluding hydrogens is 226 g/mol. The van der Waals surface area contributed by atoms with Gasteiger partial charge in [-0.3, -0.25) is 0 Å². The van der Waals surface area contributed by atoms with Crippen molar-refractivity contribution >= 4 is 17.3 Å². The van der Waals surface area contributed by atoms with Crippen molar-refractivity contribution in [1.29, 1.82) is 0 Å². The number of ether oxygens (including phenoxy) is 2. The van der Waals surface area contributed by atoms with Gasteiger partial charge in [0.05, 0.1) is 31.4 Å². The van der Waals surface area contributed by atoms with Crippen molar-refractivity contribution in [2.24, 2.45) is 5.92 Å². The maximum atomic E-state index is 6.06. The highest BCUT2D eigenvalue weighted by atomic mass is 35.5. The van der Waals surface area contributed by atoms with Crippen LogP contribution in [0.2, 0.25) is 5.02 Å². The third kappa shape index (κ3) is 2.42. The van der Waals surface area contributed by atoms with Crippen LogP contribution in [0.1, 0.15) is 6.92 Å². The summed E-state index contributed by atoms with van der Waals surface area (Å²) in [5.74, 6) is 1.23. The van der Waals surface area contributed by atoms with E-state index < -0.39 is 0 Å². The van der Waals surface area contributed by atoms with Gasteiger partial charge in [-0.05, 0) is 18.2 Å². The Kier molecular flexibility index (Phi) is 3.56. The minimum absolute atomic E-state index is 0.365. The van der Waals surface area contributed by atoms with Crippen molar-refractivity contribution in [2.45, 2.75) is 13.0 Å². The van der Waals surface area contributed by atoms with Crippen LogP contribution in [0.4, 0.5) is 5.69 Å². The first kappa shape index (κ1) is 11.6. The summed E-state index contributed by atoms with van der Waals surface area (Å²) in [6, 6.07) is 6.08. The van der Waals surface area contributed by atoms with E-state index in [9.17, 15) is 0 Å². The van der Waals surface area contributed by atoms with Crippen molar-refractivity contribution in [1.82, 2.24) is 0 Å². The molecule has 0 spiro atoms. The molecule has 1 N–H and O–H groups in total. The number of halogens is 1. The Morgan fingerprint density at radius 3 is 2.81 bits per heavy atom. The fourth-order valence-electron chi connectivity index (χ4n) is 1.82. The van der Waals surface area contributed by atoms with E-state index in [0.717, 1.165) is 18.9 Å². The molecule has 0 aromatic heterocycles. The van der Waals surface area contributed by atoms with Crippen molar-refractivity contribution in [3.8, 4) is 5.75 Å². The summed E-state index contributed by atoms with van der Waals surface area (Å²) in [6.45, 7) is 3.75. The van der Waals surface area contributed by atoms with Crippen LogP contribution < -0.4 is 10.1 Å². The number of nitrogens with one attached hydrogen (secondary N) is 1. The molecule has 0 radical (unpaired) electrons. The van der Waals surface area contributed by atoms with Crippen LogP contribution in [0, 0.1) is 5.92 Å². The van der Waals surface area contributed by atoms with Gasteiger partial charge in [0.2, 0.25) is 0 Å². The van der Waals surface area contributed by atoms with Gasteiger partial charge in [-0.1, -0.05) is 18.5 Å². The summed E-state index contributed by atoms with van der Waals surface area (Å²) >= 11 is 6.06. The van der Waals surface area contributed by atoms with Gasteiger partial charge < -0.3 is 14.8 Å². The lowest BCUT2D eigenvalue weighted by Gasteiger charge is -2.17. The van der Waals surface area contributed by atoms with E-state index in [0.29, 0.717) is 22.7 Å². The van der Waals surface area contributed by atoms with E-state index >= 15 is 0 Å². The SMILES string of the molecule is COc1ccc(NC2COCC2C)cc1Cl. The molecular formula is C12H16ClNO2. The minimum Gasteiger partial charge on any atom is -0.495 e. The number of anilines is 1. The number of benzene rings is 1. The molecule has 1 aliphatic heterocycles. The molecule has 2 atom stereocenters. The molecule has 2 rings (SSSR count). The summed E-state index contributed by atoms with van der Waals surface area (Å²) < 4.78 is 10.5. The first-order valence-corrected chi connectivity index (χ1v) is 5.76. The largest absolute Gasteiger partial charge is 0.495 e. The molecule has 0 bridgehead atoms. The zero-order valence-electron chi connectivity index (χ0n) is 9.50. The molecule has 1 aliphatic rings. The monoisotopic (exact) mass is 241 g/mol. The topological polar surface area (TPSA) is 30.5 Å². The fraction of sp³-hybridized carbons (Fsp3) is 0.500. The highest BCUT2D eigenvalue weighted by Crippen LogP contribution is 2.28. The summed E-state index contributed by atoms with van der Waals surface area (Å²) in [7, 11) is 1.61. The minimum atomic E-state index is 0.365. The maximum Gasteiger partial charge on any atom is 0.137 e. The third-order valence-corrected chi connectivity index (χ3v) is 3.16. The fourth-order valence-corrected chi connectivity index (χ4v) is 2.07. The summed E-state index contributed by atoms with van der Waals surface area (Å²) in [4.78, 5) is 0. The van der Waals surface area contributed by atoms with Crippen molar-refractivity contribution in [3.63, 3.8) is 0 Å².